The first kappa shape index (κ1) is 16.7. The lowest BCUT2D eigenvalue weighted by atomic mass is 10.0. The maximum absolute atomic E-state index is 10.00. The third-order valence-electron chi connectivity index (χ3n) is 3.66. The number of ether oxygens (including phenoxy) is 1. The van der Waals surface area contributed by atoms with E-state index >= 15 is 0 Å². The third kappa shape index (κ3) is 4.32. The zero-order chi connectivity index (χ0) is 15.0. The van der Waals surface area contributed by atoms with E-state index in [4.69, 9.17) is 4.74 Å². The van der Waals surface area contributed by atoms with Gasteiger partial charge >= 0.3 is 0 Å². The first-order valence-corrected chi connectivity index (χ1v) is 7.85. The highest BCUT2D eigenvalue weighted by Crippen LogP contribution is 2.41. The minimum Gasteiger partial charge on any atom is -0.504 e. The van der Waals surface area contributed by atoms with Crippen LogP contribution in [0.15, 0.2) is 6.07 Å². The predicted molar refractivity (Wildman–Crippen MR) is 82.8 cm³/mol. The lowest BCUT2D eigenvalue weighted by Gasteiger charge is -2.16. The molecule has 0 saturated heterocycles. The topological polar surface area (TPSA) is 49.7 Å². The second kappa shape index (κ2) is 8.72. The molecule has 0 saturated carbocycles. The van der Waals surface area contributed by atoms with Crippen molar-refractivity contribution < 1.29 is 14.9 Å². The summed E-state index contributed by atoms with van der Waals surface area (Å²) in [7, 11) is 0. The van der Waals surface area contributed by atoms with Gasteiger partial charge in [-0.3, -0.25) is 0 Å². The molecule has 0 aliphatic rings. The molecule has 3 heteroatoms. The van der Waals surface area contributed by atoms with E-state index in [0.29, 0.717) is 12.4 Å². The SMILES string of the molecule is CCCCCCCOc1c(O)c(O)cc(CC)c1CC. The van der Waals surface area contributed by atoms with Crippen LogP contribution in [0.5, 0.6) is 17.2 Å². The number of benzene rings is 1. The first-order chi connectivity index (χ1) is 9.65. The fourth-order valence-corrected chi connectivity index (χ4v) is 2.46. The van der Waals surface area contributed by atoms with Crippen molar-refractivity contribution in [2.24, 2.45) is 0 Å². The molecule has 0 aromatic heterocycles. The van der Waals surface area contributed by atoms with Crippen LogP contribution in [0.25, 0.3) is 0 Å². The van der Waals surface area contributed by atoms with Crippen molar-refractivity contribution in [3.63, 3.8) is 0 Å². The van der Waals surface area contributed by atoms with Gasteiger partial charge < -0.3 is 14.9 Å². The van der Waals surface area contributed by atoms with E-state index in [0.717, 1.165) is 36.8 Å². The third-order valence-corrected chi connectivity index (χ3v) is 3.66. The highest BCUT2D eigenvalue weighted by molar-refractivity contribution is 5.57. The van der Waals surface area contributed by atoms with Gasteiger partial charge in [-0.2, -0.15) is 0 Å². The average Bonchev–Trinajstić information content (AvgIpc) is 2.46. The number of hydrogen-bond acceptors (Lipinski definition) is 3. The van der Waals surface area contributed by atoms with Crippen molar-refractivity contribution in [1.29, 1.82) is 0 Å². The molecule has 20 heavy (non-hydrogen) atoms. The summed E-state index contributed by atoms with van der Waals surface area (Å²) in [6.07, 6.45) is 7.47. The number of phenolic OH excluding ortho intramolecular Hbond substituents is 2. The highest BCUT2D eigenvalue weighted by Gasteiger charge is 2.16. The van der Waals surface area contributed by atoms with E-state index in [1.54, 1.807) is 6.07 Å². The maximum atomic E-state index is 10.00. The minimum absolute atomic E-state index is 0.0833. The van der Waals surface area contributed by atoms with Crippen LogP contribution < -0.4 is 4.74 Å². The van der Waals surface area contributed by atoms with E-state index < -0.39 is 0 Å². The molecule has 0 fully saturated rings. The Morgan fingerprint density at radius 3 is 2.25 bits per heavy atom. The van der Waals surface area contributed by atoms with Crippen molar-refractivity contribution in [3.05, 3.63) is 17.2 Å². The van der Waals surface area contributed by atoms with Gasteiger partial charge in [0.25, 0.3) is 0 Å². The molecule has 1 aromatic rings. The minimum atomic E-state index is -0.118. The van der Waals surface area contributed by atoms with Crippen LogP contribution in [-0.2, 0) is 12.8 Å². The van der Waals surface area contributed by atoms with Gasteiger partial charge in [-0.1, -0.05) is 46.5 Å². The molecule has 0 amide bonds. The molecule has 0 radical (unpaired) electrons. The highest BCUT2D eigenvalue weighted by atomic mass is 16.5. The van der Waals surface area contributed by atoms with Gasteiger partial charge in [0.05, 0.1) is 6.61 Å². The van der Waals surface area contributed by atoms with Crippen LogP contribution in [0.4, 0.5) is 0 Å². The van der Waals surface area contributed by atoms with Crippen molar-refractivity contribution in [1.82, 2.24) is 0 Å². The number of aromatic hydroxyl groups is 2. The second-order valence-corrected chi connectivity index (χ2v) is 5.18. The summed E-state index contributed by atoms with van der Waals surface area (Å²) >= 11 is 0. The standard InChI is InChI=1S/C17H28O3/c1-4-7-8-9-10-11-20-17-14(6-3)13(5-2)12-15(18)16(17)19/h12,18-19H,4-11H2,1-3H3. The molecule has 0 unspecified atom stereocenters. The molecule has 1 rings (SSSR count). The van der Waals surface area contributed by atoms with Gasteiger partial charge in [0, 0.05) is 5.56 Å². The summed E-state index contributed by atoms with van der Waals surface area (Å²) in [6, 6.07) is 1.64. The number of rotatable bonds is 9. The van der Waals surface area contributed by atoms with Crippen molar-refractivity contribution in [2.75, 3.05) is 6.61 Å². The normalized spacial score (nSPS) is 10.8. The van der Waals surface area contributed by atoms with Gasteiger partial charge in [0.2, 0.25) is 5.75 Å². The summed E-state index contributed by atoms with van der Waals surface area (Å²) in [5.41, 5.74) is 2.06. The predicted octanol–water partition coefficient (Wildman–Crippen LogP) is 4.57. The summed E-state index contributed by atoms with van der Waals surface area (Å²) in [4.78, 5) is 0. The molecule has 0 heterocycles. The van der Waals surface area contributed by atoms with Gasteiger partial charge in [0.15, 0.2) is 11.5 Å². The number of phenols is 2. The maximum Gasteiger partial charge on any atom is 0.200 e. The zero-order valence-corrected chi connectivity index (χ0v) is 13.0. The number of hydrogen-bond donors (Lipinski definition) is 2. The van der Waals surface area contributed by atoms with E-state index in [1.807, 2.05) is 13.8 Å². The van der Waals surface area contributed by atoms with Crippen LogP contribution in [-0.4, -0.2) is 16.8 Å². The smallest absolute Gasteiger partial charge is 0.200 e. The molecule has 3 nitrogen and oxygen atoms in total. The Hall–Kier alpha value is -1.38. The first-order valence-electron chi connectivity index (χ1n) is 7.85. The van der Waals surface area contributed by atoms with Crippen LogP contribution >= 0.6 is 0 Å². The van der Waals surface area contributed by atoms with E-state index in [9.17, 15) is 10.2 Å². The average molecular weight is 280 g/mol. The molecular weight excluding hydrogens is 252 g/mol. The van der Waals surface area contributed by atoms with Crippen molar-refractivity contribution >= 4 is 0 Å². The summed E-state index contributed by atoms with van der Waals surface area (Å²) < 4.78 is 5.75. The molecular formula is C17H28O3. The molecule has 1 aromatic carbocycles. The fraction of sp³-hybridized carbons (Fsp3) is 0.647. The Labute approximate surface area is 122 Å². The van der Waals surface area contributed by atoms with Gasteiger partial charge in [-0.25, -0.2) is 0 Å². The summed E-state index contributed by atoms with van der Waals surface area (Å²) in [6.45, 7) is 6.87. The Morgan fingerprint density at radius 1 is 0.950 bits per heavy atom. The molecule has 0 aliphatic heterocycles. The van der Waals surface area contributed by atoms with Crippen LogP contribution in [0, 0.1) is 0 Å². The largest absolute Gasteiger partial charge is 0.504 e. The van der Waals surface area contributed by atoms with E-state index in [1.165, 1.54) is 19.3 Å². The Morgan fingerprint density at radius 2 is 1.65 bits per heavy atom. The molecule has 0 spiro atoms. The van der Waals surface area contributed by atoms with Gasteiger partial charge in [-0.15, -0.1) is 0 Å². The van der Waals surface area contributed by atoms with Gasteiger partial charge in [0.1, 0.15) is 0 Å². The zero-order valence-electron chi connectivity index (χ0n) is 13.0. The molecule has 0 aliphatic carbocycles. The Kier molecular flexibility index (Phi) is 7.27. The van der Waals surface area contributed by atoms with Gasteiger partial charge in [-0.05, 0) is 30.9 Å². The quantitative estimate of drug-likeness (QED) is 0.514. The molecule has 0 bridgehead atoms. The monoisotopic (exact) mass is 280 g/mol. The number of aryl methyl sites for hydroxylation is 1. The van der Waals surface area contributed by atoms with Crippen molar-refractivity contribution in [3.8, 4) is 17.2 Å². The molecule has 2 N–H and O–H groups in total. The fourth-order valence-electron chi connectivity index (χ4n) is 2.46. The second-order valence-electron chi connectivity index (χ2n) is 5.18. The van der Waals surface area contributed by atoms with Crippen LogP contribution in [0.2, 0.25) is 0 Å². The summed E-state index contributed by atoms with van der Waals surface area (Å²) in [5, 5.41) is 19.8. The van der Waals surface area contributed by atoms with Crippen LogP contribution in [0.1, 0.15) is 64.0 Å². The lowest BCUT2D eigenvalue weighted by molar-refractivity contribution is 0.280. The summed E-state index contributed by atoms with van der Waals surface area (Å²) in [5.74, 6) is 0.271. The van der Waals surface area contributed by atoms with Crippen LogP contribution in [0.3, 0.4) is 0 Å². The Balaban J connectivity index is 2.70. The number of unbranched alkanes of at least 4 members (excludes halogenated alkanes) is 4. The molecule has 114 valence electrons. The van der Waals surface area contributed by atoms with E-state index in [2.05, 4.69) is 6.92 Å². The lowest BCUT2D eigenvalue weighted by Crippen LogP contribution is -2.03. The van der Waals surface area contributed by atoms with E-state index in [-0.39, 0.29) is 11.5 Å². The Bertz CT molecular complexity index is 413. The van der Waals surface area contributed by atoms with Crippen molar-refractivity contribution in [2.45, 2.75) is 65.7 Å². The molecule has 0 atom stereocenters.